The van der Waals surface area contributed by atoms with Gasteiger partial charge >= 0.3 is 11.9 Å². The maximum Gasteiger partial charge on any atom is 0.310 e. The second kappa shape index (κ2) is 57.0. The van der Waals surface area contributed by atoms with Gasteiger partial charge in [-0.3, -0.25) is 18.6 Å². The Balaban J connectivity index is 0.000000340. The Morgan fingerprint density at radius 1 is 0.485 bits per heavy atom. The Labute approximate surface area is 665 Å². The average Bonchev–Trinajstić information content (AvgIpc) is 1.73. The van der Waals surface area contributed by atoms with E-state index >= 15 is 0 Å². The van der Waals surface area contributed by atoms with Gasteiger partial charge in [-0.25, -0.2) is 0 Å². The molecule has 0 radical (unpaired) electrons. The van der Waals surface area contributed by atoms with Gasteiger partial charge in [0.2, 0.25) is 12.5 Å². The smallest absolute Gasteiger partial charge is 0.310 e. The van der Waals surface area contributed by atoms with Gasteiger partial charge in [0.05, 0.1) is 85.1 Å². The van der Waals surface area contributed by atoms with Crippen molar-refractivity contribution in [2.24, 2.45) is 17.8 Å². The van der Waals surface area contributed by atoms with Crippen LogP contribution < -0.4 is 38.6 Å². The fraction of sp³-hybridized carbons (Fsp3) is 0.866. The molecule has 17 nitrogen and oxygen atoms in total. The minimum absolute atomic E-state index is 0. The van der Waals surface area contributed by atoms with Crippen molar-refractivity contribution in [1.82, 2.24) is 17.5 Å². The predicted molar refractivity (Wildman–Crippen MR) is 424 cm³/mol. The molecule has 594 valence electrons. The first-order valence-electron chi connectivity index (χ1n) is 41.7. The van der Waals surface area contributed by atoms with Crippen molar-refractivity contribution in [3.8, 4) is 11.8 Å². The molecule has 0 aliphatic carbocycles. The average molecular weight is 1710 g/mol. The Hall–Kier alpha value is -2.13. The third-order valence-electron chi connectivity index (χ3n) is 21.9. The van der Waals surface area contributed by atoms with E-state index in [1.165, 1.54) is 190 Å². The first-order chi connectivity index (χ1) is 49.7. The van der Waals surface area contributed by atoms with Crippen LogP contribution in [-0.2, 0) is 38.1 Å². The van der Waals surface area contributed by atoms with Crippen molar-refractivity contribution < 1.29 is 85.6 Å². The van der Waals surface area contributed by atoms with Crippen LogP contribution >= 0.6 is 46.0 Å². The molecule has 0 N–H and O–H groups in total. The fourth-order valence-corrected chi connectivity index (χ4v) is 17.6. The number of nitrogens with zero attached hydrogens (tertiary/aromatic N) is 6. The molecule has 5 atom stereocenters. The highest BCUT2D eigenvalue weighted by atomic mass is 127. The lowest BCUT2D eigenvalue weighted by Crippen LogP contribution is -3.00. The van der Waals surface area contributed by atoms with Gasteiger partial charge in [-0.2, -0.15) is 8.75 Å². The Morgan fingerprint density at radius 2 is 0.806 bits per heavy atom. The quantitative estimate of drug-likeness (QED) is 0.0200. The van der Waals surface area contributed by atoms with Gasteiger partial charge in [0.25, 0.3) is 11.8 Å². The molecule has 7 rings (SSSR count). The third kappa shape index (κ3) is 37.4. The molecule has 0 amide bonds. The number of ether oxygens (including phenoxy) is 7. The molecule has 5 aliphatic rings. The minimum Gasteiger partial charge on any atom is -1.00 e. The van der Waals surface area contributed by atoms with Gasteiger partial charge in [-0.05, 0) is 83.0 Å². The van der Waals surface area contributed by atoms with Gasteiger partial charge < -0.3 is 67.0 Å². The Kier molecular flexibility index (Phi) is 51.6. The molecule has 2 aromatic rings. The van der Waals surface area contributed by atoms with Gasteiger partial charge in [0.1, 0.15) is 24.5 Å². The number of hydrogen-bond acceptors (Lipinski definition) is 17. The van der Waals surface area contributed by atoms with E-state index in [2.05, 4.69) is 101 Å². The van der Waals surface area contributed by atoms with Crippen LogP contribution in [0.5, 0.6) is 11.8 Å². The van der Waals surface area contributed by atoms with Crippen LogP contribution in [0.1, 0.15) is 341 Å². The summed E-state index contributed by atoms with van der Waals surface area (Å²) in [5.41, 5.74) is 4.07. The first-order valence-corrected chi connectivity index (χ1v) is 44.3. The van der Waals surface area contributed by atoms with Crippen LogP contribution in [-0.4, -0.2) is 153 Å². The topological polar surface area (TPSA) is 190 Å². The fourth-order valence-electron chi connectivity index (χ4n) is 15.5. The predicted octanol–water partition coefficient (Wildman–Crippen LogP) is 17.2. The second-order valence-electron chi connectivity index (χ2n) is 31.0. The molecule has 0 saturated carbocycles. The van der Waals surface area contributed by atoms with Crippen molar-refractivity contribution >= 4 is 75.1 Å². The molecule has 5 aliphatic heterocycles. The SMILES string of the molecule is CCCCCCCCCCC(I)(CC1CCOCC1)C(=O)[O-].CCCCCCCCCCCC(=O)OC(C1CCOCC1)[N+]1(C)CCC=C(c2nsnc2OCCCCCC)C1.CCCCCCCCCCCC(=O)OC(C1CCOCC1)[N+]1(C)CCC=C(c2nsnc2OCCCCCC)C1.[I-]. The molecule has 0 spiro atoms. The number of esters is 2. The molecule has 103 heavy (non-hydrogen) atoms. The number of carboxylic acids is 1. The van der Waals surface area contributed by atoms with E-state index in [9.17, 15) is 19.5 Å². The zero-order valence-corrected chi connectivity index (χ0v) is 71.7. The van der Waals surface area contributed by atoms with E-state index < -0.39 is 9.39 Å². The Bertz CT molecular complexity index is 2420. The number of rotatable bonds is 52. The normalized spacial score (nSPS) is 20.2. The molecule has 0 aromatic carbocycles. The van der Waals surface area contributed by atoms with E-state index in [0.717, 1.165) is 204 Å². The summed E-state index contributed by atoms with van der Waals surface area (Å²) in [7, 11) is 4.51. The second-order valence-corrected chi connectivity index (χ2v) is 34.1. The highest BCUT2D eigenvalue weighted by molar-refractivity contribution is 14.1. The third-order valence-corrected chi connectivity index (χ3v) is 24.4. The van der Waals surface area contributed by atoms with Crippen LogP contribution in [0.4, 0.5) is 0 Å². The summed E-state index contributed by atoms with van der Waals surface area (Å²) in [6.45, 7) is 20.5. The van der Waals surface area contributed by atoms with Crippen LogP contribution in [0.2, 0.25) is 0 Å². The summed E-state index contributed by atoms with van der Waals surface area (Å²) >= 11 is 4.58. The lowest BCUT2D eigenvalue weighted by molar-refractivity contribution is -0.951. The number of halogens is 2. The molecule has 21 heteroatoms. The molecular weight excluding hydrogens is 1560 g/mol. The maximum atomic E-state index is 13.1. The highest BCUT2D eigenvalue weighted by Crippen LogP contribution is 2.40. The summed E-state index contributed by atoms with van der Waals surface area (Å²) in [5, 5.41) is 11.6. The monoisotopic (exact) mass is 1710 g/mol. The van der Waals surface area contributed by atoms with Crippen LogP contribution in [0, 0.1) is 17.8 Å². The van der Waals surface area contributed by atoms with Gasteiger partial charge in [-0.1, -0.05) is 262 Å². The number of aromatic nitrogens is 4. The number of quaternary nitrogens is 2. The largest absolute Gasteiger partial charge is 1.00 e. The van der Waals surface area contributed by atoms with Crippen molar-refractivity contribution in [3.63, 3.8) is 0 Å². The number of carbonyl (C=O) groups is 3. The van der Waals surface area contributed by atoms with Crippen molar-refractivity contribution in [2.75, 3.05) is 93.1 Å². The molecule has 5 unspecified atom stereocenters. The van der Waals surface area contributed by atoms with Gasteiger partial charge in [0, 0.05) is 76.5 Å². The number of alkyl halides is 1. The van der Waals surface area contributed by atoms with E-state index in [1.54, 1.807) is 0 Å². The zero-order valence-electron chi connectivity index (χ0n) is 65.8. The summed E-state index contributed by atoms with van der Waals surface area (Å²) in [6.07, 6.45) is 56.1. The zero-order chi connectivity index (χ0) is 73.2. The lowest BCUT2D eigenvalue weighted by atomic mass is 9.86. The van der Waals surface area contributed by atoms with Crippen molar-refractivity contribution in [3.05, 3.63) is 23.5 Å². The standard InChI is InChI=1S/2C32H56N3O4S.C18H33IO3.HI/c2*1-4-6-8-10-11-12-13-14-15-19-29(36)39-32(27-20-24-37-25-21-27)35(3)22-17-18-28(26-35)30-31(34-40-33-30)38-23-16-9-7-5-2;1-2-3-4-5-6-7-8-9-12-18(19,17(20)21)15-16-10-13-22-14-11-16;/h2*18,27,32H,4-17,19-26H2,1-3H3;16H,2-15H2,1H3,(H,20,21);1H/q2*+1;;/p-2. The highest BCUT2D eigenvalue weighted by Gasteiger charge is 2.46. The summed E-state index contributed by atoms with van der Waals surface area (Å²) < 4.78 is 60.5. The van der Waals surface area contributed by atoms with E-state index in [0.29, 0.717) is 64.5 Å². The van der Waals surface area contributed by atoms with Gasteiger partial charge in [0.15, 0.2) is 0 Å². The number of unbranched alkanes of at least 4 members (excludes halogenated alkanes) is 29. The molecule has 3 fully saturated rings. The maximum absolute atomic E-state index is 13.1. The number of likely N-dealkylation sites (N-methyl/N-ethyl adjacent to an activating group) is 2. The molecule has 3 saturated heterocycles. The Morgan fingerprint density at radius 3 is 1.16 bits per heavy atom. The number of carboxylic acid groups (broad SMARTS) is 1. The minimum atomic E-state index is -0.873. The van der Waals surface area contributed by atoms with Crippen molar-refractivity contribution in [1.29, 1.82) is 0 Å². The van der Waals surface area contributed by atoms with E-state index in [-0.39, 0.29) is 48.4 Å². The molecule has 0 bridgehead atoms. The first kappa shape index (κ1) is 93.3. The molecular formula is C82H144I2N6O11S2. The number of carbonyl (C=O) groups excluding carboxylic acids is 3. The van der Waals surface area contributed by atoms with E-state index in [4.69, 9.17) is 33.2 Å². The molecule has 7 heterocycles. The summed E-state index contributed by atoms with van der Waals surface area (Å²) in [6, 6.07) is 0. The lowest BCUT2D eigenvalue weighted by Gasteiger charge is -2.46. The van der Waals surface area contributed by atoms with Crippen LogP contribution in [0.15, 0.2) is 12.2 Å². The van der Waals surface area contributed by atoms with Crippen LogP contribution in [0.3, 0.4) is 0 Å². The molecule has 2 aromatic heterocycles. The van der Waals surface area contributed by atoms with Crippen molar-refractivity contribution in [2.45, 2.75) is 346 Å². The van der Waals surface area contributed by atoms with Gasteiger partial charge in [-0.15, -0.1) is 8.75 Å². The summed E-state index contributed by atoms with van der Waals surface area (Å²) in [5.74, 6) is 1.47. The number of aliphatic carboxylic acids is 1. The summed E-state index contributed by atoms with van der Waals surface area (Å²) in [4.78, 5) is 37.8. The van der Waals surface area contributed by atoms with Crippen LogP contribution in [0.25, 0.3) is 11.1 Å². The van der Waals surface area contributed by atoms with E-state index in [1.807, 2.05) is 0 Å². The number of hydrogen-bond donors (Lipinski definition) is 0.